The molecule has 0 unspecified atom stereocenters. The summed E-state index contributed by atoms with van der Waals surface area (Å²) in [6.45, 7) is 2.21. The van der Waals surface area contributed by atoms with E-state index in [4.69, 9.17) is 0 Å². The first-order chi connectivity index (χ1) is 5.43. The summed E-state index contributed by atoms with van der Waals surface area (Å²) in [5.41, 5.74) is 1.17. The topological polar surface area (TPSA) is 12.9 Å². The van der Waals surface area contributed by atoms with Crippen LogP contribution in [0.5, 0.6) is 0 Å². The van der Waals surface area contributed by atoms with Gasteiger partial charge >= 0.3 is 0 Å². The molecule has 11 heavy (non-hydrogen) atoms. The minimum atomic E-state index is 1.10. The molecule has 0 saturated carbocycles. The molecular weight excluding hydrogens is 134 g/mol. The van der Waals surface area contributed by atoms with Crippen LogP contribution in [0.1, 0.15) is 31.9 Å². The largest absolute Gasteiger partial charge is 0.251 e. The van der Waals surface area contributed by atoms with Crippen molar-refractivity contribution < 1.29 is 0 Å². The summed E-state index contributed by atoms with van der Waals surface area (Å²) in [5, 5.41) is 0. The fourth-order valence-electron chi connectivity index (χ4n) is 1.06. The molecule has 0 N–H and O–H groups in total. The minimum Gasteiger partial charge on any atom is -0.251 e. The second-order valence-electron chi connectivity index (χ2n) is 2.72. The molecule has 0 spiro atoms. The molecule has 0 fully saturated rings. The monoisotopic (exact) mass is 148 g/mol. The average molecular weight is 148 g/mol. The zero-order valence-electron chi connectivity index (χ0n) is 7.01. The first-order valence-electron chi connectivity index (χ1n) is 4.25. The average Bonchev–Trinajstić information content (AvgIpc) is 2.07. The van der Waals surface area contributed by atoms with Gasteiger partial charge in [-0.15, -0.1) is 0 Å². The van der Waals surface area contributed by atoms with Crippen LogP contribution >= 0.6 is 0 Å². The zero-order valence-corrected chi connectivity index (χ0v) is 7.01. The maximum atomic E-state index is 4.13. The van der Waals surface area contributed by atoms with Crippen molar-refractivity contribution in [2.75, 3.05) is 0 Å². The molecule has 0 atom stereocenters. The third-order valence-corrected chi connectivity index (χ3v) is 1.70. The van der Waals surface area contributed by atoms with Crippen LogP contribution in [0.15, 0.2) is 18.2 Å². The van der Waals surface area contributed by atoms with E-state index in [-0.39, 0.29) is 0 Å². The maximum Gasteiger partial charge on any atom is 0.0889 e. The van der Waals surface area contributed by atoms with Gasteiger partial charge in [0.15, 0.2) is 0 Å². The van der Waals surface area contributed by atoms with Crippen LogP contribution in [0.25, 0.3) is 0 Å². The summed E-state index contributed by atoms with van der Waals surface area (Å²) in [6, 6.07) is 5.89. The highest BCUT2D eigenvalue weighted by molar-refractivity contribution is 5.02. The Balaban J connectivity index is 2.28. The van der Waals surface area contributed by atoms with Crippen molar-refractivity contribution in [1.82, 2.24) is 4.98 Å². The van der Waals surface area contributed by atoms with E-state index in [2.05, 4.69) is 24.2 Å². The van der Waals surface area contributed by atoms with Crippen LogP contribution < -0.4 is 0 Å². The number of hydrogen-bond acceptors (Lipinski definition) is 1. The Labute approximate surface area is 68.5 Å². The van der Waals surface area contributed by atoms with Gasteiger partial charge in [-0.1, -0.05) is 25.8 Å². The number of aromatic nitrogens is 1. The third-order valence-electron chi connectivity index (χ3n) is 1.70. The van der Waals surface area contributed by atoms with Gasteiger partial charge in [-0.25, -0.2) is 0 Å². The highest BCUT2D eigenvalue weighted by atomic mass is 14.7. The van der Waals surface area contributed by atoms with Crippen molar-refractivity contribution in [3.63, 3.8) is 0 Å². The van der Waals surface area contributed by atoms with Crippen LogP contribution in [0, 0.1) is 6.20 Å². The molecule has 0 bridgehead atoms. The normalized spacial score (nSPS) is 9.91. The quantitative estimate of drug-likeness (QED) is 0.598. The van der Waals surface area contributed by atoms with Crippen molar-refractivity contribution in [3.05, 3.63) is 30.1 Å². The first kappa shape index (κ1) is 8.25. The molecule has 1 heteroatoms. The highest BCUT2D eigenvalue weighted by Gasteiger charge is 1.91. The predicted octanol–water partition coefficient (Wildman–Crippen LogP) is 2.61. The number of hydrogen-bond donors (Lipinski definition) is 0. The Morgan fingerprint density at radius 1 is 1.45 bits per heavy atom. The molecule has 0 amide bonds. The van der Waals surface area contributed by atoms with Crippen LogP contribution in [0.4, 0.5) is 0 Å². The van der Waals surface area contributed by atoms with Crippen LogP contribution in [-0.4, -0.2) is 4.98 Å². The summed E-state index contributed by atoms with van der Waals surface area (Å²) in [5.74, 6) is 0. The Hall–Kier alpha value is -0.850. The summed E-state index contributed by atoms with van der Waals surface area (Å²) in [6.07, 6.45) is 7.77. The predicted molar refractivity (Wildman–Crippen MR) is 46.3 cm³/mol. The fourth-order valence-corrected chi connectivity index (χ4v) is 1.06. The van der Waals surface area contributed by atoms with Gasteiger partial charge in [0.25, 0.3) is 0 Å². The molecule has 0 aliphatic rings. The van der Waals surface area contributed by atoms with Crippen molar-refractivity contribution in [2.45, 2.75) is 32.6 Å². The van der Waals surface area contributed by atoms with Crippen molar-refractivity contribution in [2.24, 2.45) is 0 Å². The van der Waals surface area contributed by atoms with Gasteiger partial charge in [0.2, 0.25) is 0 Å². The van der Waals surface area contributed by atoms with Crippen molar-refractivity contribution in [3.8, 4) is 0 Å². The molecule has 1 heterocycles. The molecular formula is C10H14N. The summed E-state index contributed by atoms with van der Waals surface area (Å²) >= 11 is 0. The molecule has 0 aromatic carbocycles. The van der Waals surface area contributed by atoms with E-state index in [1.807, 2.05) is 12.1 Å². The molecule has 1 radical (unpaired) electrons. The summed E-state index contributed by atoms with van der Waals surface area (Å²) in [7, 11) is 0. The lowest BCUT2D eigenvalue weighted by Crippen LogP contribution is -1.88. The maximum absolute atomic E-state index is 4.13. The van der Waals surface area contributed by atoms with Crippen LogP contribution in [-0.2, 0) is 6.42 Å². The molecule has 1 aromatic heterocycles. The number of unbranched alkanes of at least 4 members (excludes halogenated alkanes) is 2. The Bertz CT molecular complexity index is 181. The standard InChI is InChI=1S/C10H14N/c1-2-3-4-7-10-8-5-6-9-11-10/h5-6,8H,2-4,7H2,1H3. The van der Waals surface area contributed by atoms with Gasteiger partial charge in [0, 0.05) is 5.69 Å². The molecule has 0 aliphatic carbocycles. The minimum absolute atomic E-state index is 1.10. The zero-order chi connectivity index (χ0) is 7.94. The lowest BCUT2D eigenvalue weighted by molar-refractivity contribution is 0.707. The lowest BCUT2D eigenvalue weighted by Gasteiger charge is -1.96. The Kier molecular flexibility index (Phi) is 3.67. The number of rotatable bonds is 4. The number of nitrogens with zero attached hydrogens (tertiary/aromatic N) is 1. The Morgan fingerprint density at radius 3 is 3.00 bits per heavy atom. The molecule has 1 nitrogen and oxygen atoms in total. The first-order valence-corrected chi connectivity index (χ1v) is 4.25. The second-order valence-corrected chi connectivity index (χ2v) is 2.72. The number of pyridine rings is 1. The third kappa shape index (κ3) is 3.17. The molecule has 1 rings (SSSR count). The lowest BCUT2D eigenvalue weighted by atomic mass is 10.1. The molecule has 0 saturated heterocycles. The SMILES string of the molecule is CCCCCc1ccc[c]n1. The molecule has 59 valence electrons. The molecule has 0 aliphatic heterocycles. The van der Waals surface area contributed by atoms with Crippen molar-refractivity contribution >= 4 is 0 Å². The Morgan fingerprint density at radius 2 is 2.36 bits per heavy atom. The fraction of sp³-hybridized carbons (Fsp3) is 0.500. The van der Waals surface area contributed by atoms with E-state index in [0.717, 1.165) is 6.42 Å². The van der Waals surface area contributed by atoms with Gasteiger partial charge in [-0.05, 0) is 25.0 Å². The van der Waals surface area contributed by atoms with Gasteiger partial charge < -0.3 is 0 Å². The van der Waals surface area contributed by atoms with E-state index in [9.17, 15) is 0 Å². The van der Waals surface area contributed by atoms with E-state index in [0.29, 0.717) is 0 Å². The van der Waals surface area contributed by atoms with E-state index < -0.39 is 0 Å². The van der Waals surface area contributed by atoms with Gasteiger partial charge in [0.1, 0.15) is 0 Å². The summed E-state index contributed by atoms with van der Waals surface area (Å²) in [4.78, 5) is 4.13. The van der Waals surface area contributed by atoms with E-state index >= 15 is 0 Å². The van der Waals surface area contributed by atoms with Gasteiger partial charge in [0.05, 0.1) is 6.20 Å². The van der Waals surface area contributed by atoms with Crippen LogP contribution in [0.3, 0.4) is 0 Å². The highest BCUT2D eigenvalue weighted by Crippen LogP contribution is 2.02. The van der Waals surface area contributed by atoms with E-state index in [1.54, 1.807) is 0 Å². The summed E-state index contributed by atoms with van der Waals surface area (Å²) < 4.78 is 0. The van der Waals surface area contributed by atoms with Gasteiger partial charge in [-0.3, -0.25) is 4.98 Å². The second kappa shape index (κ2) is 4.89. The van der Waals surface area contributed by atoms with Gasteiger partial charge in [-0.2, -0.15) is 0 Å². The van der Waals surface area contributed by atoms with E-state index in [1.165, 1.54) is 25.0 Å². The number of aryl methyl sites for hydroxylation is 1. The van der Waals surface area contributed by atoms with Crippen LogP contribution in [0.2, 0.25) is 0 Å². The smallest absolute Gasteiger partial charge is 0.0889 e. The molecule has 1 aromatic rings. The van der Waals surface area contributed by atoms with Crippen molar-refractivity contribution in [1.29, 1.82) is 0 Å².